The smallest absolute Gasteiger partial charge is 0.157 e. The van der Waals surface area contributed by atoms with E-state index in [1.54, 1.807) is 10.8 Å². The lowest BCUT2D eigenvalue weighted by Gasteiger charge is -2.22. The first-order chi connectivity index (χ1) is 5.43. The Morgan fingerprint density at radius 3 is 2.73 bits per heavy atom. The van der Waals surface area contributed by atoms with Gasteiger partial charge in [0.25, 0.3) is 0 Å². The fourth-order valence-corrected chi connectivity index (χ4v) is 1.70. The third-order valence-electron chi connectivity index (χ3n) is 1.57. The molecule has 0 bridgehead atoms. The Bertz CT molecular complexity index is 94.4. The molecule has 0 aliphatic carbocycles. The summed E-state index contributed by atoms with van der Waals surface area (Å²) < 4.78 is 10.7. The number of rotatable bonds is 4. The van der Waals surface area contributed by atoms with Gasteiger partial charge in [-0.15, -0.1) is 11.7 Å². The van der Waals surface area contributed by atoms with Crippen LogP contribution in [0.15, 0.2) is 0 Å². The summed E-state index contributed by atoms with van der Waals surface area (Å²) in [6, 6.07) is 0. The standard InChI is InChI=1S/C7H14O2S2/c10-11-6-1-3-7-8-4-2-5-9-7/h7,10H,1-6H2. The van der Waals surface area contributed by atoms with Gasteiger partial charge in [0.15, 0.2) is 6.29 Å². The Hall–Kier alpha value is 0.620. The fraction of sp³-hybridized carbons (Fsp3) is 1.00. The molecule has 0 saturated carbocycles. The summed E-state index contributed by atoms with van der Waals surface area (Å²) in [7, 11) is 1.57. The average Bonchev–Trinajstić information content (AvgIpc) is 2.07. The Labute approximate surface area is 76.8 Å². The lowest BCUT2D eigenvalue weighted by atomic mass is 10.3. The van der Waals surface area contributed by atoms with E-state index in [1.165, 1.54) is 0 Å². The topological polar surface area (TPSA) is 18.5 Å². The Kier molecular flexibility index (Phi) is 5.45. The summed E-state index contributed by atoms with van der Waals surface area (Å²) >= 11 is 4.05. The van der Waals surface area contributed by atoms with Crippen molar-refractivity contribution in [3.63, 3.8) is 0 Å². The van der Waals surface area contributed by atoms with Crippen LogP contribution in [0.2, 0.25) is 0 Å². The van der Waals surface area contributed by atoms with Crippen molar-refractivity contribution in [3.05, 3.63) is 0 Å². The molecule has 0 amide bonds. The van der Waals surface area contributed by atoms with E-state index in [0.29, 0.717) is 0 Å². The molecule has 0 atom stereocenters. The molecule has 0 unspecified atom stereocenters. The van der Waals surface area contributed by atoms with Crippen molar-refractivity contribution in [1.82, 2.24) is 0 Å². The molecule has 1 heterocycles. The van der Waals surface area contributed by atoms with Crippen molar-refractivity contribution < 1.29 is 9.47 Å². The van der Waals surface area contributed by atoms with Gasteiger partial charge in [0.1, 0.15) is 0 Å². The number of hydrogen-bond donors (Lipinski definition) is 1. The van der Waals surface area contributed by atoms with Gasteiger partial charge in [0, 0.05) is 5.75 Å². The largest absolute Gasteiger partial charge is 0.353 e. The van der Waals surface area contributed by atoms with E-state index in [9.17, 15) is 0 Å². The highest BCUT2D eigenvalue weighted by atomic mass is 33.1. The molecule has 66 valence electrons. The predicted octanol–water partition coefficient (Wildman–Crippen LogP) is 2.11. The molecule has 0 radical (unpaired) electrons. The molecule has 0 aromatic carbocycles. The first kappa shape index (κ1) is 9.71. The lowest BCUT2D eigenvalue weighted by molar-refractivity contribution is -0.181. The number of ether oxygens (including phenoxy) is 2. The quantitative estimate of drug-likeness (QED) is 0.420. The van der Waals surface area contributed by atoms with Gasteiger partial charge in [-0.2, -0.15) is 0 Å². The van der Waals surface area contributed by atoms with Crippen LogP contribution >= 0.6 is 22.5 Å². The van der Waals surface area contributed by atoms with Gasteiger partial charge in [-0.3, -0.25) is 0 Å². The maximum absolute atomic E-state index is 5.37. The zero-order valence-electron chi connectivity index (χ0n) is 6.49. The fourth-order valence-electron chi connectivity index (χ4n) is 1.02. The third kappa shape index (κ3) is 4.25. The molecule has 2 nitrogen and oxygen atoms in total. The van der Waals surface area contributed by atoms with Crippen molar-refractivity contribution in [2.24, 2.45) is 0 Å². The van der Waals surface area contributed by atoms with Gasteiger partial charge < -0.3 is 9.47 Å². The minimum Gasteiger partial charge on any atom is -0.353 e. The second-order valence-electron chi connectivity index (χ2n) is 2.50. The Morgan fingerprint density at radius 2 is 2.09 bits per heavy atom. The van der Waals surface area contributed by atoms with Gasteiger partial charge >= 0.3 is 0 Å². The summed E-state index contributed by atoms with van der Waals surface area (Å²) in [5.74, 6) is 1.08. The van der Waals surface area contributed by atoms with E-state index in [1.807, 2.05) is 0 Å². The van der Waals surface area contributed by atoms with Crippen LogP contribution in [0, 0.1) is 0 Å². The second kappa shape index (κ2) is 6.17. The van der Waals surface area contributed by atoms with Crippen molar-refractivity contribution >= 4 is 22.5 Å². The molecular formula is C7H14O2S2. The zero-order chi connectivity index (χ0) is 7.94. The van der Waals surface area contributed by atoms with Crippen LogP contribution in [0.1, 0.15) is 19.3 Å². The molecule has 0 aromatic rings. The van der Waals surface area contributed by atoms with Crippen LogP contribution in [0.5, 0.6) is 0 Å². The molecule has 0 aromatic heterocycles. The minimum absolute atomic E-state index is 0.0595. The summed E-state index contributed by atoms with van der Waals surface area (Å²) in [4.78, 5) is 0. The molecule has 0 N–H and O–H groups in total. The van der Waals surface area contributed by atoms with E-state index < -0.39 is 0 Å². The van der Waals surface area contributed by atoms with Crippen LogP contribution in [-0.4, -0.2) is 25.3 Å². The van der Waals surface area contributed by atoms with Gasteiger partial charge in [0.05, 0.1) is 13.2 Å². The highest BCUT2D eigenvalue weighted by Crippen LogP contribution is 2.14. The van der Waals surface area contributed by atoms with Gasteiger partial charge in [-0.1, -0.05) is 10.8 Å². The van der Waals surface area contributed by atoms with E-state index in [0.717, 1.165) is 38.2 Å². The predicted molar refractivity (Wildman–Crippen MR) is 51.0 cm³/mol. The van der Waals surface area contributed by atoms with E-state index in [-0.39, 0.29) is 6.29 Å². The molecule has 1 fully saturated rings. The molecule has 1 aliphatic heterocycles. The summed E-state index contributed by atoms with van der Waals surface area (Å²) in [6.07, 6.45) is 3.23. The first-order valence-electron chi connectivity index (χ1n) is 3.93. The molecular weight excluding hydrogens is 180 g/mol. The number of hydrogen-bond acceptors (Lipinski definition) is 4. The van der Waals surface area contributed by atoms with Crippen molar-refractivity contribution in [1.29, 1.82) is 0 Å². The van der Waals surface area contributed by atoms with Gasteiger partial charge in [-0.25, -0.2) is 0 Å². The van der Waals surface area contributed by atoms with Gasteiger partial charge in [0.2, 0.25) is 0 Å². The molecule has 1 saturated heterocycles. The average molecular weight is 194 g/mol. The third-order valence-corrected chi connectivity index (χ3v) is 2.59. The SMILES string of the molecule is SSCCCC1OCCCO1. The first-order valence-corrected chi connectivity index (χ1v) is 5.97. The summed E-state index contributed by atoms with van der Waals surface area (Å²) in [6.45, 7) is 1.72. The normalized spacial score (nSPS) is 20.5. The summed E-state index contributed by atoms with van der Waals surface area (Å²) in [5, 5.41) is 0. The minimum atomic E-state index is 0.0595. The molecule has 11 heavy (non-hydrogen) atoms. The molecule has 4 heteroatoms. The molecule has 0 spiro atoms. The van der Waals surface area contributed by atoms with Crippen molar-refractivity contribution in [2.75, 3.05) is 19.0 Å². The highest BCUT2D eigenvalue weighted by Gasteiger charge is 2.12. The molecule has 1 rings (SSSR count). The lowest BCUT2D eigenvalue weighted by Crippen LogP contribution is -2.24. The van der Waals surface area contributed by atoms with Crippen LogP contribution in [0.25, 0.3) is 0 Å². The van der Waals surface area contributed by atoms with Crippen LogP contribution in [0.4, 0.5) is 0 Å². The van der Waals surface area contributed by atoms with Crippen molar-refractivity contribution in [2.45, 2.75) is 25.6 Å². The van der Waals surface area contributed by atoms with Gasteiger partial charge in [-0.05, 0) is 19.3 Å². The van der Waals surface area contributed by atoms with E-state index in [4.69, 9.17) is 9.47 Å². The Balaban J connectivity index is 1.96. The second-order valence-corrected chi connectivity index (χ2v) is 3.94. The van der Waals surface area contributed by atoms with Crippen molar-refractivity contribution in [3.8, 4) is 0 Å². The molecule has 1 aliphatic rings. The summed E-state index contributed by atoms with van der Waals surface area (Å²) in [5.41, 5.74) is 0. The monoisotopic (exact) mass is 194 g/mol. The maximum Gasteiger partial charge on any atom is 0.157 e. The zero-order valence-corrected chi connectivity index (χ0v) is 8.20. The van der Waals surface area contributed by atoms with Crippen LogP contribution in [-0.2, 0) is 9.47 Å². The highest BCUT2D eigenvalue weighted by molar-refractivity contribution is 8.68. The number of thiol groups is 1. The van der Waals surface area contributed by atoms with E-state index in [2.05, 4.69) is 11.7 Å². The Morgan fingerprint density at radius 1 is 1.36 bits per heavy atom. The van der Waals surface area contributed by atoms with Crippen LogP contribution < -0.4 is 0 Å². The van der Waals surface area contributed by atoms with E-state index >= 15 is 0 Å². The van der Waals surface area contributed by atoms with Crippen LogP contribution in [0.3, 0.4) is 0 Å². The maximum atomic E-state index is 5.37.